The molecule has 0 saturated carbocycles. The highest BCUT2D eigenvalue weighted by atomic mass is 19.1. The minimum absolute atomic E-state index is 0.0496. The van der Waals surface area contributed by atoms with Gasteiger partial charge in [0.15, 0.2) is 0 Å². The van der Waals surface area contributed by atoms with E-state index in [0.717, 1.165) is 12.1 Å². The van der Waals surface area contributed by atoms with Crippen molar-refractivity contribution in [1.82, 2.24) is 9.78 Å². The SMILES string of the molecule is COc1ccccc1NCc1c(F)cc(-c2nn(C3CCOCC3)c(N)c2C(N)=O)cc1F. The van der Waals surface area contributed by atoms with Crippen molar-refractivity contribution in [3.8, 4) is 17.0 Å². The molecule has 1 fully saturated rings. The first kappa shape index (κ1) is 22.5. The van der Waals surface area contributed by atoms with Gasteiger partial charge in [0.2, 0.25) is 0 Å². The Hall–Kier alpha value is -3.66. The summed E-state index contributed by atoms with van der Waals surface area (Å²) < 4.78 is 42.0. The Morgan fingerprint density at radius 2 is 1.91 bits per heavy atom. The Balaban J connectivity index is 1.67. The van der Waals surface area contributed by atoms with E-state index < -0.39 is 17.5 Å². The number of primary amides is 1. The number of nitrogens with two attached hydrogens (primary N) is 2. The highest BCUT2D eigenvalue weighted by Crippen LogP contribution is 2.34. The van der Waals surface area contributed by atoms with Crippen molar-refractivity contribution in [3.05, 3.63) is 59.2 Å². The van der Waals surface area contributed by atoms with Crippen molar-refractivity contribution in [2.24, 2.45) is 5.73 Å². The molecule has 2 heterocycles. The summed E-state index contributed by atoms with van der Waals surface area (Å²) in [4.78, 5) is 12.1. The molecule has 2 aromatic carbocycles. The molecular formula is C23H25F2N5O3. The van der Waals surface area contributed by atoms with Crippen LogP contribution in [-0.4, -0.2) is 36.0 Å². The molecule has 0 bridgehead atoms. The largest absolute Gasteiger partial charge is 0.495 e. The molecule has 1 aliphatic rings. The Kier molecular flexibility index (Phi) is 6.45. The van der Waals surface area contributed by atoms with Gasteiger partial charge in [-0.05, 0) is 37.1 Å². The average Bonchev–Trinajstić information content (AvgIpc) is 3.16. The number of para-hydroxylation sites is 2. The highest BCUT2D eigenvalue weighted by Gasteiger charge is 2.27. The summed E-state index contributed by atoms with van der Waals surface area (Å²) in [5.41, 5.74) is 12.2. The van der Waals surface area contributed by atoms with E-state index in [1.165, 1.54) is 11.8 Å². The zero-order valence-electron chi connectivity index (χ0n) is 18.1. The number of nitrogens with one attached hydrogen (secondary N) is 1. The van der Waals surface area contributed by atoms with E-state index >= 15 is 0 Å². The Morgan fingerprint density at radius 1 is 1.24 bits per heavy atom. The molecule has 3 aromatic rings. The Morgan fingerprint density at radius 3 is 2.55 bits per heavy atom. The molecule has 1 aromatic heterocycles. The van der Waals surface area contributed by atoms with Gasteiger partial charge in [-0.2, -0.15) is 5.10 Å². The summed E-state index contributed by atoms with van der Waals surface area (Å²) in [5, 5.41) is 7.40. The molecule has 0 atom stereocenters. The molecule has 10 heteroatoms. The number of aromatic nitrogens is 2. The lowest BCUT2D eigenvalue weighted by Gasteiger charge is -2.23. The number of carbonyl (C=O) groups is 1. The Labute approximate surface area is 189 Å². The van der Waals surface area contributed by atoms with E-state index in [0.29, 0.717) is 37.5 Å². The number of benzene rings is 2. The van der Waals surface area contributed by atoms with Gasteiger partial charge < -0.3 is 26.3 Å². The summed E-state index contributed by atoms with van der Waals surface area (Å²) in [6.45, 7) is 0.949. The molecule has 4 rings (SSSR count). The van der Waals surface area contributed by atoms with Crippen LogP contribution in [0.3, 0.4) is 0 Å². The quantitative estimate of drug-likeness (QED) is 0.500. The zero-order valence-corrected chi connectivity index (χ0v) is 18.1. The van der Waals surface area contributed by atoms with Crippen molar-refractivity contribution in [3.63, 3.8) is 0 Å². The van der Waals surface area contributed by atoms with Gasteiger partial charge in [0.05, 0.1) is 18.8 Å². The van der Waals surface area contributed by atoms with Crippen LogP contribution in [0.25, 0.3) is 11.3 Å². The average molecular weight is 457 g/mol. The molecular weight excluding hydrogens is 432 g/mol. The van der Waals surface area contributed by atoms with Crippen molar-refractivity contribution in [2.75, 3.05) is 31.4 Å². The minimum Gasteiger partial charge on any atom is -0.495 e. The number of methoxy groups -OCH3 is 1. The van der Waals surface area contributed by atoms with Crippen molar-refractivity contribution >= 4 is 17.4 Å². The highest BCUT2D eigenvalue weighted by molar-refractivity contribution is 6.03. The first-order chi connectivity index (χ1) is 15.9. The van der Waals surface area contributed by atoms with Gasteiger partial charge in [0, 0.05) is 30.9 Å². The topological polar surface area (TPSA) is 117 Å². The smallest absolute Gasteiger partial charge is 0.254 e. The van der Waals surface area contributed by atoms with Crippen molar-refractivity contribution in [1.29, 1.82) is 0 Å². The van der Waals surface area contributed by atoms with E-state index in [4.69, 9.17) is 20.9 Å². The third-order valence-corrected chi connectivity index (χ3v) is 5.71. The first-order valence-corrected chi connectivity index (χ1v) is 10.5. The first-order valence-electron chi connectivity index (χ1n) is 10.5. The van der Waals surface area contributed by atoms with Crippen molar-refractivity contribution < 1.29 is 23.0 Å². The Bertz CT molecular complexity index is 1150. The number of rotatable bonds is 7. The lowest BCUT2D eigenvalue weighted by molar-refractivity contribution is 0.0669. The summed E-state index contributed by atoms with van der Waals surface area (Å²) in [7, 11) is 1.51. The fourth-order valence-electron chi connectivity index (χ4n) is 3.98. The van der Waals surface area contributed by atoms with Crippen LogP contribution in [0, 0.1) is 11.6 Å². The standard InChI is InChI=1S/C23H25F2N5O3/c1-32-19-5-3-2-4-18(19)28-12-15-16(24)10-13(11-17(15)25)21-20(23(27)31)22(26)30(29-21)14-6-8-33-9-7-14/h2-5,10-11,14,28H,6-9,12,26H2,1H3,(H2,27,31). The van der Waals surface area contributed by atoms with Gasteiger partial charge >= 0.3 is 0 Å². The van der Waals surface area contributed by atoms with Crippen LogP contribution in [0.4, 0.5) is 20.3 Å². The number of halogens is 2. The van der Waals surface area contributed by atoms with Crippen molar-refractivity contribution in [2.45, 2.75) is 25.4 Å². The van der Waals surface area contributed by atoms with Crippen LogP contribution < -0.4 is 21.5 Å². The van der Waals surface area contributed by atoms with E-state index in [1.54, 1.807) is 24.3 Å². The van der Waals surface area contributed by atoms with Gasteiger partial charge in [0.25, 0.3) is 5.91 Å². The number of nitrogens with zero attached hydrogens (tertiary/aromatic N) is 2. The monoisotopic (exact) mass is 457 g/mol. The predicted molar refractivity (Wildman–Crippen MR) is 120 cm³/mol. The molecule has 1 amide bonds. The van der Waals surface area contributed by atoms with Crippen LogP contribution >= 0.6 is 0 Å². The molecule has 5 N–H and O–H groups in total. The number of carbonyl (C=O) groups excluding carboxylic acids is 1. The number of ether oxygens (including phenoxy) is 2. The lowest BCUT2D eigenvalue weighted by atomic mass is 10.0. The number of amides is 1. The van der Waals surface area contributed by atoms with Crippen LogP contribution in [0.1, 0.15) is 34.8 Å². The molecule has 0 unspecified atom stereocenters. The normalized spacial score (nSPS) is 14.3. The van der Waals surface area contributed by atoms with Gasteiger partial charge in [-0.25, -0.2) is 13.5 Å². The van der Waals surface area contributed by atoms with Crippen LogP contribution in [0.5, 0.6) is 5.75 Å². The molecule has 174 valence electrons. The van der Waals surface area contributed by atoms with Gasteiger partial charge in [-0.15, -0.1) is 0 Å². The number of anilines is 2. The molecule has 8 nitrogen and oxygen atoms in total. The molecule has 0 aliphatic carbocycles. The molecule has 1 saturated heterocycles. The van der Waals surface area contributed by atoms with Gasteiger partial charge in [0.1, 0.15) is 34.5 Å². The second-order valence-electron chi connectivity index (χ2n) is 7.73. The van der Waals surface area contributed by atoms with E-state index in [1.807, 2.05) is 0 Å². The van der Waals surface area contributed by atoms with E-state index in [9.17, 15) is 13.6 Å². The molecule has 1 aliphatic heterocycles. The second kappa shape index (κ2) is 9.45. The van der Waals surface area contributed by atoms with E-state index in [-0.39, 0.29) is 40.8 Å². The van der Waals surface area contributed by atoms with Crippen LogP contribution in [-0.2, 0) is 11.3 Å². The van der Waals surface area contributed by atoms with Gasteiger partial charge in [-0.3, -0.25) is 4.79 Å². The number of hydrogen-bond donors (Lipinski definition) is 3. The second-order valence-corrected chi connectivity index (χ2v) is 7.73. The molecule has 33 heavy (non-hydrogen) atoms. The maximum absolute atomic E-state index is 15.0. The van der Waals surface area contributed by atoms with Crippen LogP contribution in [0.2, 0.25) is 0 Å². The van der Waals surface area contributed by atoms with Crippen LogP contribution in [0.15, 0.2) is 36.4 Å². The summed E-state index contributed by atoms with van der Waals surface area (Å²) in [5.74, 6) is -1.77. The summed E-state index contributed by atoms with van der Waals surface area (Å²) in [6.07, 6.45) is 1.31. The molecule has 0 radical (unpaired) electrons. The van der Waals surface area contributed by atoms with Gasteiger partial charge in [-0.1, -0.05) is 12.1 Å². The maximum Gasteiger partial charge on any atom is 0.254 e. The summed E-state index contributed by atoms with van der Waals surface area (Å²) in [6, 6.07) is 9.23. The lowest BCUT2D eigenvalue weighted by Crippen LogP contribution is -2.22. The zero-order chi connectivity index (χ0) is 23.5. The fourth-order valence-corrected chi connectivity index (χ4v) is 3.98. The number of nitrogen functional groups attached to an aromatic ring is 1. The van der Waals surface area contributed by atoms with E-state index in [2.05, 4.69) is 10.4 Å². The predicted octanol–water partition coefficient (Wildman–Crippen LogP) is 3.48. The molecule has 0 spiro atoms. The fraction of sp³-hybridized carbons (Fsp3) is 0.304. The number of hydrogen-bond acceptors (Lipinski definition) is 6. The third-order valence-electron chi connectivity index (χ3n) is 5.71. The maximum atomic E-state index is 15.0. The third kappa shape index (κ3) is 4.47. The summed E-state index contributed by atoms with van der Waals surface area (Å²) >= 11 is 0. The minimum atomic E-state index is -0.816.